The molecule has 13 heteroatoms. The number of nitrogens with one attached hydrogen (secondary N) is 3. The minimum atomic E-state index is -1.51. The van der Waals surface area contributed by atoms with Crippen LogP contribution in [0, 0.1) is 16.2 Å². The van der Waals surface area contributed by atoms with E-state index in [9.17, 15) is 24.3 Å². The minimum absolute atomic E-state index is 0.0835. The van der Waals surface area contributed by atoms with Gasteiger partial charge in [-0.25, -0.2) is 19.4 Å². The summed E-state index contributed by atoms with van der Waals surface area (Å²) in [6, 6.07) is 0. The van der Waals surface area contributed by atoms with Crippen LogP contribution in [0.2, 0.25) is 0 Å². The van der Waals surface area contributed by atoms with Crippen LogP contribution >= 0.6 is 0 Å². The maximum Gasteiger partial charge on any atom is 0.414 e. The third kappa shape index (κ3) is 16.4. The molecule has 0 rings (SSSR count). The number of guanidine groups is 1. The summed E-state index contributed by atoms with van der Waals surface area (Å²) < 4.78 is 20.7. The average molecular weight is 603 g/mol. The molecule has 0 fully saturated rings. The number of hydrogen-bond donors (Lipinski definition) is 4. The molecule has 244 valence electrons. The second-order valence-electron chi connectivity index (χ2n) is 14.1. The lowest BCUT2D eigenvalue weighted by Gasteiger charge is -2.39. The number of ether oxygens (including phenoxy) is 4. The van der Waals surface area contributed by atoms with E-state index in [0.29, 0.717) is 6.54 Å². The zero-order chi connectivity index (χ0) is 33.0. The molecule has 42 heavy (non-hydrogen) atoms. The Labute approximate surface area is 250 Å². The molecule has 4 N–H and O–H groups in total. The minimum Gasteiger partial charge on any atom is -0.463 e. The molecule has 0 spiro atoms. The zero-order valence-corrected chi connectivity index (χ0v) is 27.6. The standard InChI is InChI=1S/C29H54N4O9/c1-25(2,3)28(10,11)14-13-15-31-22(36)40-19-29(12,18-34)20(35)39-17-16-30-21(32-23(37)41-26(4,5)6)33-24(38)42-27(7,8)9/h34H,13-19H2,1-12H3,(H,31,36)(H2,30,32,33,37,38). The number of nitrogens with zero attached hydrogens (tertiary/aromatic N) is 1. The fraction of sp³-hybridized carbons (Fsp3) is 0.828. The van der Waals surface area contributed by atoms with Crippen molar-refractivity contribution < 1.29 is 43.2 Å². The van der Waals surface area contributed by atoms with Crippen LogP contribution in [0.5, 0.6) is 0 Å². The number of hydrogen-bond acceptors (Lipinski definition) is 10. The second-order valence-corrected chi connectivity index (χ2v) is 14.1. The molecule has 0 bridgehead atoms. The normalized spacial score (nSPS) is 13.6. The number of rotatable bonds is 11. The van der Waals surface area contributed by atoms with Gasteiger partial charge in [-0.05, 0) is 72.1 Å². The van der Waals surface area contributed by atoms with Gasteiger partial charge in [0.05, 0.1) is 13.2 Å². The summed E-state index contributed by atoms with van der Waals surface area (Å²) in [5.74, 6) is -1.09. The Morgan fingerprint density at radius 3 is 1.67 bits per heavy atom. The first kappa shape index (κ1) is 38.9. The van der Waals surface area contributed by atoms with Gasteiger partial charge in [0.1, 0.15) is 29.8 Å². The highest BCUT2D eigenvalue weighted by atomic mass is 16.6. The van der Waals surface area contributed by atoms with Crippen molar-refractivity contribution in [3.05, 3.63) is 0 Å². The molecule has 1 atom stereocenters. The van der Waals surface area contributed by atoms with Crippen LogP contribution in [0.25, 0.3) is 0 Å². The van der Waals surface area contributed by atoms with Gasteiger partial charge >= 0.3 is 24.2 Å². The summed E-state index contributed by atoms with van der Waals surface area (Å²) in [5, 5.41) is 17.1. The van der Waals surface area contributed by atoms with Crippen LogP contribution < -0.4 is 16.0 Å². The maximum atomic E-state index is 12.7. The van der Waals surface area contributed by atoms with Crippen molar-refractivity contribution in [1.29, 1.82) is 0 Å². The number of esters is 1. The van der Waals surface area contributed by atoms with Crippen LogP contribution in [0.3, 0.4) is 0 Å². The average Bonchev–Trinajstić information content (AvgIpc) is 2.79. The SMILES string of the molecule is CC(C)(C)OC(=O)NC(=NCCOC(=O)C(C)(CO)COC(=O)NCCCC(C)(C)C(C)(C)C)NC(=O)OC(C)(C)C. The lowest BCUT2D eigenvalue weighted by molar-refractivity contribution is -0.159. The first-order chi connectivity index (χ1) is 18.9. The predicted octanol–water partition coefficient (Wildman–Crippen LogP) is 4.51. The van der Waals surface area contributed by atoms with E-state index < -0.39 is 54.1 Å². The van der Waals surface area contributed by atoms with Gasteiger partial charge in [0.15, 0.2) is 0 Å². The monoisotopic (exact) mass is 602 g/mol. The molecule has 0 aromatic heterocycles. The Bertz CT molecular complexity index is 912. The Kier molecular flexibility index (Phi) is 14.8. The summed E-state index contributed by atoms with van der Waals surface area (Å²) in [6.45, 7) is 21.3. The van der Waals surface area contributed by atoms with Crippen molar-refractivity contribution in [2.45, 2.75) is 107 Å². The molecular weight excluding hydrogens is 548 g/mol. The van der Waals surface area contributed by atoms with E-state index in [1.807, 2.05) is 0 Å². The summed E-state index contributed by atoms with van der Waals surface area (Å²) >= 11 is 0. The fourth-order valence-electron chi connectivity index (χ4n) is 2.92. The van der Waals surface area contributed by atoms with Crippen molar-refractivity contribution in [2.24, 2.45) is 21.2 Å². The molecule has 0 aliphatic rings. The molecule has 0 saturated heterocycles. The Morgan fingerprint density at radius 1 is 0.738 bits per heavy atom. The molecule has 3 amide bonds. The first-order valence-corrected chi connectivity index (χ1v) is 14.1. The van der Waals surface area contributed by atoms with Gasteiger partial charge < -0.3 is 29.4 Å². The van der Waals surface area contributed by atoms with Crippen molar-refractivity contribution in [3.8, 4) is 0 Å². The van der Waals surface area contributed by atoms with E-state index in [1.54, 1.807) is 41.5 Å². The molecule has 0 saturated carbocycles. The Hall–Kier alpha value is -3.09. The summed E-state index contributed by atoms with van der Waals surface area (Å²) in [5.41, 5.74) is -2.91. The van der Waals surface area contributed by atoms with Gasteiger partial charge in [0.2, 0.25) is 5.96 Å². The predicted molar refractivity (Wildman–Crippen MR) is 159 cm³/mol. The number of aliphatic hydroxyl groups excluding tert-OH is 1. The molecular formula is C29H54N4O9. The second kappa shape index (κ2) is 15.9. The molecule has 1 unspecified atom stereocenters. The van der Waals surface area contributed by atoms with E-state index in [-0.39, 0.29) is 29.9 Å². The Balaban J connectivity index is 4.98. The fourth-order valence-corrected chi connectivity index (χ4v) is 2.92. The van der Waals surface area contributed by atoms with Gasteiger partial charge in [-0.3, -0.25) is 15.4 Å². The van der Waals surface area contributed by atoms with Gasteiger partial charge in [0.25, 0.3) is 0 Å². The smallest absolute Gasteiger partial charge is 0.414 e. The summed E-state index contributed by atoms with van der Waals surface area (Å²) in [6.07, 6.45) is -0.771. The van der Waals surface area contributed by atoms with Crippen molar-refractivity contribution >= 4 is 30.2 Å². The van der Waals surface area contributed by atoms with Crippen molar-refractivity contribution in [1.82, 2.24) is 16.0 Å². The lowest BCUT2D eigenvalue weighted by Crippen LogP contribution is -2.47. The van der Waals surface area contributed by atoms with Crippen molar-refractivity contribution in [2.75, 3.05) is 32.9 Å². The maximum absolute atomic E-state index is 12.7. The molecule has 13 nitrogen and oxygen atoms in total. The molecule has 0 aliphatic carbocycles. The Morgan fingerprint density at radius 2 is 1.24 bits per heavy atom. The number of carbonyl (C=O) groups excluding carboxylic acids is 4. The number of alkyl carbamates (subject to hydrolysis) is 3. The highest BCUT2D eigenvalue weighted by Crippen LogP contribution is 2.41. The van der Waals surface area contributed by atoms with Crippen molar-refractivity contribution in [3.63, 3.8) is 0 Å². The van der Waals surface area contributed by atoms with Crippen LogP contribution in [-0.4, -0.2) is 79.4 Å². The number of aliphatic hydroxyl groups is 1. The van der Waals surface area contributed by atoms with Gasteiger partial charge in [-0.15, -0.1) is 0 Å². The molecule has 0 radical (unpaired) electrons. The van der Waals surface area contributed by atoms with E-state index in [1.165, 1.54) is 6.92 Å². The lowest BCUT2D eigenvalue weighted by atomic mass is 9.67. The van der Waals surface area contributed by atoms with Crippen LogP contribution in [0.4, 0.5) is 14.4 Å². The highest BCUT2D eigenvalue weighted by molar-refractivity contribution is 6.01. The van der Waals surface area contributed by atoms with Gasteiger partial charge in [0, 0.05) is 6.54 Å². The number of aliphatic imine (C=N–C) groups is 1. The molecule has 0 aromatic rings. The topological polar surface area (TPSA) is 174 Å². The third-order valence-electron chi connectivity index (χ3n) is 6.47. The van der Waals surface area contributed by atoms with E-state index in [4.69, 9.17) is 18.9 Å². The van der Waals surface area contributed by atoms with Crippen LogP contribution in [0.1, 0.15) is 95.9 Å². The van der Waals surface area contributed by atoms with E-state index in [2.05, 4.69) is 55.6 Å². The van der Waals surface area contributed by atoms with Crippen LogP contribution in [-0.2, 0) is 23.7 Å². The summed E-state index contributed by atoms with van der Waals surface area (Å²) in [7, 11) is 0. The molecule has 0 aromatic carbocycles. The summed E-state index contributed by atoms with van der Waals surface area (Å²) in [4.78, 5) is 53.2. The highest BCUT2D eigenvalue weighted by Gasteiger charge is 2.36. The number of carbonyl (C=O) groups is 4. The van der Waals surface area contributed by atoms with E-state index in [0.717, 1.165) is 12.8 Å². The van der Waals surface area contributed by atoms with E-state index >= 15 is 0 Å². The quantitative estimate of drug-likeness (QED) is 0.0872. The molecule has 0 aliphatic heterocycles. The third-order valence-corrected chi connectivity index (χ3v) is 6.47. The number of amides is 3. The zero-order valence-electron chi connectivity index (χ0n) is 27.6. The van der Waals surface area contributed by atoms with Crippen LogP contribution in [0.15, 0.2) is 4.99 Å². The van der Waals surface area contributed by atoms with Gasteiger partial charge in [-0.1, -0.05) is 34.6 Å². The molecule has 0 heterocycles. The largest absolute Gasteiger partial charge is 0.463 e. The van der Waals surface area contributed by atoms with Gasteiger partial charge in [-0.2, -0.15) is 0 Å². The first-order valence-electron chi connectivity index (χ1n) is 14.1.